The molecule has 1 heterocycles. The Bertz CT molecular complexity index is 380. The summed E-state index contributed by atoms with van der Waals surface area (Å²) in [5.41, 5.74) is 0.782. The van der Waals surface area contributed by atoms with Gasteiger partial charge in [0.1, 0.15) is 11.6 Å². The Labute approximate surface area is 102 Å². The maximum Gasteiger partial charge on any atom is 0.130 e. The van der Waals surface area contributed by atoms with Crippen molar-refractivity contribution in [3.63, 3.8) is 0 Å². The van der Waals surface area contributed by atoms with Crippen LogP contribution in [0.1, 0.15) is 25.3 Å². The van der Waals surface area contributed by atoms with Gasteiger partial charge >= 0.3 is 0 Å². The summed E-state index contributed by atoms with van der Waals surface area (Å²) >= 11 is 0. The third kappa shape index (κ3) is 2.97. The minimum atomic E-state index is -0.156. The molecule has 1 aliphatic rings. The van der Waals surface area contributed by atoms with E-state index in [1.54, 1.807) is 7.11 Å². The molecule has 1 saturated heterocycles. The summed E-state index contributed by atoms with van der Waals surface area (Å²) in [6, 6.07) is 5.76. The number of hydrogen-bond acceptors (Lipinski definition) is 2. The first-order chi connectivity index (χ1) is 8.20. The third-order valence-corrected chi connectivity index (χ3v) is 3.62. The van der Waals surface area contributed by atoms with Gasteiger partial charge in [-0.2, -0.15) is 0 Å². The van der Waals surface area contributed by atoms with Crippen LogP contribution >= 0.6 is 0 Å². The molecule has 0 radical (unpaired) electrons. The molecule has 0 spiro atoms. The normalized spacial score (nSPS) is 20.8. The summed E-state index contributed by atoms with van der Waals surface area (Å²) in [7, 11) is 1.56. The number of ether oxygens (including phenoxy) is 1. The number of halogens is 1. The number of hydrogen-bond donors (Lipinski definition) is 0. The lowest BCUT2D eigenvalue weighted by molar-refractivity contribution is 0.271. The summed E-state index contributed by atoms with van der Waals surface area (Å²) in [6.45, 7) is 4.35. The second-order valence-electron chi connectivity index (χ2n) is 4.73. The van der Waals surface area contributed by atoms with Crippen LogP contribution in [0.25, 0.3) is 0 Å². The second-order valence-corrected chi connectivity index (χ2v) is 4.73. The van der Waals surface area contributed by atoms with Crippen LogP contribution < -0.4 is 4.74 Å². The van der Waals surface area contributed by atoms with E-state index in [1.807, 2.05) is 12.1 Å². The number of likely N-dealkylation sites (tertiary alicyclic amines) is 1. The average Bonchev–Trinajstić information content (AvgIpc) is 2.73. The fourth-order valence-electron chi connectivity index (χ4n) is 2.45. The molecule has 94 valence electrons. The Balaban J connectivity index is 1.94. The molecule has 2 rings (SSSR count). The third-order valence-electron chi connectivity index (χ3n) is 3.62. The first kappa shape index (κ1) is 12.4. The van der Waals surface area contributed by atoms with Crippen molar-refractivity contribution in [1.82, 2.24) is 4.90 Å². The minimum Gasteiger partial charge on any atom is -0.497 e. The lowest BCUT2D eigenvalue weighted by Gasteiger charge is -2.20. The van der Waals surface area contributed by atoms with Crippen LogP contribution in [0.5, 0.6) is 5.75 Å². The molecule has 0 aliphatic carbocycles. The van der Waals surface area contributed by atoms with Crippen molar-refractivity contribution >= 4 is 0 Å². The average molecular weight is 237 g/mol. The molecule has 1 fully saturated rings. The molecule has 1 aromatic rings. The van der Waals surface area contributed by atoms with Gasteiger partial charge in [0.25, 0.3) is 0 Å². The van der Waals surface area contributed by atoms with E-state index in [-0.39, 0.29) is 5.82 Å². The lowest BCUT2D eigenvalue weighted by Crippen LogP contribution is -2.29. The van der Waals surface area contributed by atoms with Crippen LogP contribution in [-0.4, -0.2) is 31.1 Å². The van der Waals surface area contributed by atoms with Crippen molar-refractivity contribution in [2.45, 2.75) is 32.2 Å². The monoisotopic (exact) mass is 237 g/mol. The number of methoxy groups -OCH3 is 1. The molecule has 17 heavy (non-hydrogen) atoms. The van der Waals surface area contributed by atoms with Gasteiger partial charge in [0.05, 0.1) is 7.11 Å². The highest BCUT2D eigenvalue weighted by Crippen LogP contribution is 2.19. The largest absolute Gasteiger partial charge is 0.497 e. The van der Waals surface area contributed by atoms with E-state index in [0.29, 0.717) is 11.8 Å². The molecular formula is C14H20FNO. The summed E-state index contributed by atoms with van der Waals surface area (Å²) in [5, 5.41) is 0. The van der Waals surface area contributed by atoms with E-state index >= 15 is 0 Å². The lowest BCUT2D eigenvalue weighted by atomic mass is 10.1. The fraction of sp³-hybridized carbons (Fsp3) is 0.571. The van der Waals surface area contributed by atoms with Gasteiger partial charge in [-0.3, -0.25) is 0 Å². The molecule has 1 aromatic carbocycles. The topological polar surface area (TPSA) is 12.5 Å². The van der Waals surface area contributed by atoms with Gasteiger partial charge in [-0.05, 0) is 44.4 Å². The molecule has 0 N–H and O–H groups in total. The molecule has 0 saturated carbocycles. The highest BCUT2D eigenvalue weighted by molar-refractivity contribution is 5.29. The highest BCUT2D eigenvalue weighted by atomic mass is 19.1. The van der Waals surface area contributed by atoms with E-state index < -0.39 is 0 Å². The van der Waals surface area contributed by atoms with Crippen LogP contribution in [0.2, 0.25) is 0 Å². The Morgan fingerprint density at radius 2 is 2.29 bits per heavy atom. The van der Waals surface area contributed by atoms with E-state index in [1.165, 1.54) is 18.9 Å². The van der Waals surface area contributed by atoms with Crippen LogP contribution in [0, 0.1) is 5.82 Å². The SMILES string of the molecule is COc1ccc(CCN2CCCC2C)c(F)c1. The standard InChI is InChI=1S/C14H20FNO/c1-11-4-3-8-16(11)9-7-12-5-6-13(17-2)10-14(12)15/h5-6,10-11H,3-4,7-9H2,1-2H3. The van der Waals surface area contributed by atoms with E-state index in [4.69, 9.17) is 4.74 Å². The molecule has 0 aromatic heterocycles. The molecule has 1 aliphatic heterocycles. The summed E-state index contributed by atoms with van der Waals surface area (Å²) in [4.78, 5) is 2.43. The molecule has 3 heteroatoms. The van der Waals surface area contributed by atoms with Crippen LogP contribution in [0.4, 0.5) is 4.39 Å². The highest BCUT2D eigenvalue weighted by Gasteiger charge is 2.19. The van der Waals surface area contributed by atoms with Gasteiger partial charge in [0, 0.05) is 18.7 Å². The van der Waals surface area contributed by atoms with Crippen LogP contribution in [0.3, 0.4) is 0 Å². The predicted octanol–water partition coefficient (Wildman–Crippen LogP) is 2.86. The second kappa shape index (κ2) is 5.50. The minimum absolute atomic E-state index is 0.156. The quantitative estimate of drug-likeness (QED) is 0.798. The van der Waals surface area contributed by atoms with E-state index in [0.717, 1.165) is 25.1 Å². The van der Waals surface area contributed by atoms with Crippen molar-refractivity contribution in [3.8, 4) is 5.75 Å². The summed E-state index contributed by atoms with van der Waals surface area (Å²) in [5.74, 6) is 0.428. The van der Waals surface area contributed by atoms with E-state index in [9.17, 15) is 4.39 Å². The molecule has 0 bridgehead atoms. The number of nitrogens with zero attached hydrogens (tertiary/aromatic N) is 1. The zero-order valence-electron chi connectivity index (χ0n) is 10.6. The van der Waals surface area contributed by atoms with Crippen molar-refractivity contribution < 1.29 is 9.13 Å². The Kier molecular flexibility index (Phi) is 4.00. The van der Waals surface area contributed by atoms with Gasteiger partial charge in [-0.1, -0.05) is 6.07 Å². The molecule has 0 amide bonds. The zero-order valence-corrected chi connectivity index (χ0v) is 10.6. The summed E-state index contributed by atoms with van der Waals surface area (Å²) in [6.07, 6.45) is 3.32. The molecule has 1 atom stereocenters. The van der Waals surface area contributed by atoms with Gasteiger partial charge < -0.3 is 9.64 Å². The zero-order chi connectivity index (χ0) is 12.3. The van der Waals surface area contributed by atoms with Gasteiger partial charge in [0.2, 0.25) is 0 Å². The van der Waals surface area contributed by atoms with Crippen LogP contribution in [-0.2, 0) is 6.42 Å². The smallest absolute Gasteiger partial charge is 0.130 e. The van der Waals surface area contributed by atoms with Crippen molar-refractivity contribution in [1.29, 1.82) is 0 Å². The van der Waals surface area contributed by atoms with Crippen molar-refractivity contribution in [2.24, 2.45) is 0 Å². The first-order valence-corrected chi connectivity index (χ1v) is 6.27. The van der Waals surface area contributed by atoms with Gasteiger partial charge in [-0.25, -0.2) is 4.39 Å². The molecular weight excluding hydrogens is 217 g/mol. The number of benzene rings is 1. The number of rotatable bonds is 4. The maximum atomic E-state index is 13.7. The molecule has 1 unspecified atom stereocenters. The van der Waals surface area contributed by atoms with Crippen molar-refractivity contribution in [3.05, 3.63) is 29.6 Å². The fourth-order valence-corrected chi connectivity index (χ4v) is 2.45. The van der Waals surface area contributed by atoms with Crippen molar-refractivity contribution in [2.75, 3.05) is 20.2 Å². The molecule has 2 nitrogen and oxygen atoms in total. The van der Waals surface area contributed by atoms with Crippen LogP contribution in [0.15, 0.2) is 18.2 Å². The van der Waals surface area contributed by atoms with Gasteiger partial charge in [0.15, 0.2) is 0 Å². The summed E-state index contributed by atoms with van der Waals surface area (Å²) < 4.78 is 18.7. The Morgan fingerprint density at radius 3 is 2.88 bits per heavy atom. The first-order valence-electron chi connectivity index (χ1n) is 6.27. The Morgan fingerprint density at radius 1 is 1.47 bits per heavy atom. The van der Waals surface area contributed by atoms with E-state index in [2.05, 4.69) is 11.8 Å². The Hall–Kier alpha value is -1.09. The predicted molar refractivity (Wildman–Crippen MR) is 66.9 cm³/mol. The maximum absolute atomic E-state index is 13.7. The van der Waals surface area contributed by atoms with Gasteiger partial charge in [-0.15, -0.1) is 0 Å².